The highest BCUT2D eigenvalue weighted by atomic mass is 79.9. The molecule has 5 nitrogen and oxygen atoms in total. The van der Waals surface area contributed by atoms with Crippen molar-refractivity contribution in [2.75, 3.05) is 5.32 Å². The molecule has 3 aromatic rings. The van der Waals surface area contributed by atoms with Gasteiger partial charge in [0.25, 0.3) is 5.91 Å². The normalized spacial score (nSPS) is 10.9. The van der Waals surface area contributed by atoms with Crippen LogP contribution in [0.4, 0.5) is 14.6 Å². The van der Waals surface area contributed by atoms with Gasteiger partial charge in [-0.1, -0.05) is 39.7 Å². The summed E-state index contributed by atoms with van der Waals surface area (Å²) in [5.74, 6) is -0.535. The summed E-state index contributed by atoms with van der Waals surface area (Å²) >= 11 is 9.07. The second kappa shape index (κ2) is 8.49. The zero-order valence-corrected chi connectivity index (χ0v) is 16.0. The number of hydrogen-bond donors (Lipinski definition) is 1. The third-order valence-corrected chi connectivity index (χ3v) is 4.29. The minimum Gasteiger partial charge on any atom is -0.434 e. The molecule has 1 heterocycles. The van der Waals surface area contributed by atoms with Gasteiger partial charge in [-0.25, -0.2) is 0 Å². The first-order valence-corrected chi connectivity index (χ1v) is 8.91. The summed E-state index contributed by atoms with van der Waals surface area (Å²) in [5, 5.41) is 7.48. The van der Waals surface area contributed by atoms with Crippen molar-refractivity contribution in [1.82, 2.24) is 9.78 Å². The molecule has 1 amide bonds. The molecule has 0 saturated carbocycles. The first-order chi connectivity index (χ1) is 12.9. The van der Waals surface area contributed by atoms with Crippen LogP contribution in [-0.2, 0) is 6.54 Å². The Labute approximate surface area is 167 Å². The lowest BCUT2D eigenvalue weighted by molar-refractivity contribution is -0.0501. The van der Waals surface area contributed by atoms with Crippen molar-refractivity contribution in [2.24, 2.45) is 0 Å². The number of ether oxygens (including phenoxy) is 1. The van der Waals surface area contributed by atoms with E-state index in [0.29, 0.717) is 16.0 Å². The molecule has 0 fully saturated rings. The highest BCUT2D eigenvalue weighted by Gasteiger charge is 2.17. The van der Waals surface area contributed by atoms with Crippen LogP contribution in [0, 0.1) is 0 Å². The molecule has 27 heavy (non-hydrogen) atoms. The number of benzene rings is 2. The molecule has 0 aliphatic heterocycles. The Hall–Kier alpha value is -2.45. The van der Waals surface area contributed by atoms with Crippen LogP contribution in [-0.4, -0.2) is 22.3 Å². The van der Waals surface area contributed by atoms with E-state index >= 15 is 0 Å². The number of alkyl halides is 2. The summed E-state index contributed by atoms with van der Waals surface area (Å²) in [4.78, 5) is 12.5. The maximum absolute atomic E-state index is 12.5. The Balaban J connectivity index is 1.72. The van der Waals surface area contributed by atoms with Gasteiger partial charge < -0.3 is 10.1 Å². The lowest BCUT2D eigenvalue weighted by Crippen LogP contribution is -2.15. The van der Waals surface area contributed by atoms with E-state index in [2.05, 4.69) is 31.1 Å². The molecule has 9 heteroatoms. The summed E-state index contributed by atoms with van der Waals surface area (Å²) in [5.41, 5.74) is 0.955. The van der Waals surface area contributed by atoms with Crippen LogP contribution in [0.1, 0.15) is 15.9 Å². The highest BCUT2D eigenvalue weighted by molar-refractivity contribution is 9.10. The third-order valence-electron chi connectivity index (χ3n) is 3.54. The Morgan fingerprint density at radius 1 is 1.22 bits per heavy atom. The number of carbonyl (C=O) groups is 1. The van der Waals surface area contributed by atoms with E-state index in [1.54, 1.807) is 29.1 Å². The number of halogens is 4. The van der Waals surface area contributed by atoms with E-state index in [1.165, 1.54) is 18.2 Å². The van der Waals surface area contributed by atoms with Crippen LogP contribution in [0.3, 0.4) is 0 Å². The first kappa shape index (κ1) is 19.3. The smallest absolute Gasteiger partial charge is 0.387 e. The van der Waals surface area contributed by atoms with Crippen molar-refractivity contribution in [1.29, 1.82) is 0 Å². The number of nitrogens with zero attached hydrogens (tertiary/aromatic N) is 2. The van der Waals surface area contributed by atoms with Crippen molar-refractivity contribution in [3.8, 4) is 5.75 Å². The van der Waals surface area contributed by atoms with Crippen LogP contribution >= 0.6 is 27.5 Å². The molecular formula is C18H13BrClF2N3O2. The molecule has 0 aliphatic rings. The summed E-state index contributed by atoms with van der Waals surface area (Å²) in [6.07, 6.45) is 1.70. The lowest BCUT2D eigenvalue weighted by atomic mass is 10.2. The second-order valence-corrected chi connectivity index (χ2v) is 6.85. The minimum atomic E-state index is -3.03. The molecule has 0 unspecified atom stereocenters. The number of hydrogen-bond acceptors (Lipinski definition) is 3. The maximum atomic E-state index is 12.5. The standard InChI is InChI=1S/C18H13BrClF2N3O2/c19-12-3-6-15(27-18(21)22)14(9-12)17(26)23-16-7-8-25(24-16)10-11-1-4-13(20)5-2-11/h1-9,18H,10H2,(H,23,24,26). The van der Waals surface area contributed by atoms with Gasteiger partial charge in [-0.3, -0.25) is 9.48 Å². The Bertz CT molecular complexity index is 948. The Morgan fingerprint density at radius 3 is 2.67 bits per heavy atom. The largest absolute Gasteiger partial charge is 0.434 e. The predicted molar refractivity (Wildman–Crippen MR) is 102 cm³/mol. The molecule has 0 spiro atoms. The maximum Gasteiger partial charge on any atom is 0.387 e. The fourth-order valence-electron chi connectivity index (χ4n) is 2.36. The van der Waals surface area contributed by atoms with Gasteiger partial charge in [0, 0.05) is 21.8 Å². The van der Waals surface area contributed by atoms with Gasteiger partial charge in [0.15, 0.2) is 5.82 Å². The molecule has 140 valence electrons. The van der Waals surface area contributed by atoms with Gasteiger partial charge in [0.2, 0.25) is 0 Å². The van der Waals surface area contributed by atoms with E-state index in [-0.39, 0.29) is 17.1 Å². The monoisotopic (exact) mass is 455 g/mol. The van der Waals surface area contributed by atoms with Crippen molar-refractivity contribution >= 4 is 39.3 Å². The second-order valence-electron chi connectivity index (χ2n) is 5.50. The molecular weight excluding hydrogens is 444 g/mol. The third kappa shape index (κ3) is 5.27. The van der Waals surface area contributed by atoms with Crippen LogP contribution in [0.5, 0.6) is 5.75 Å². The van der Waals surface area contributed by atoms with Crippen LogP contribution in [0.15, 0.2) is 59.2 Å². The lowest BCUT2D eigenvalue weighted by Gasteiger charge is -2.10. The van der Waals surface area contributed by atoms with Crippen molar-refractivity contribution in [3.63, 3.8) is 0 Å². The molecule has 3 rings (SSSR count). The molecule has 0 aliphatic carbocycles. The van der Waals surface area contributed by atoms with E-state index in [4.69, 9.17) is 11.6 Å². The molecule has 0 radical (unpaired) electrons. The number of aromatic nitrogens is 2. The van der Waals surface area contributed by atoms with Crippen LogP contribution in [0.2, 0.25) is 5.02 Å². The highest BCUT2D eigenvalue weighted by Crippen LogP contribution is 2.25. The van der Waals surface area contributed by atoms with E-state index in [9.17, 15) is 13.6 Å². The SMILES string of the molecule is O=C(Nc1ccn(Cc2ccc(Cl)cc2)n1)c1cc(Br)ccc1OC(F)F. The van der Waals surface area contributed by atoms with E-state index in [1.807, 2.05) is 12.1 Å². The molecule has 2 aromatic carbocycles. The molecule has 0 bridgehead atoms. The summed E-state index contributed by atoms with van der Waals surface area (Å²) < 4.78 is 31.7. The molecule has 0 atom stereocenters. The van der Waals surface area contributed by atoms with Gasteiger partial charge in [-0.2, -0.15) is 13.9 Å². The number of carbonyl (C=O) groups excluding carboxylic acids is 1. The number of nitrogens with one attached hydrogen (secondary N) is 1. The van der Waals surface area contributed by atoms with Crippen molar-refractivity contribution in [2.45, 2.75) is 13.2 Å². The number of rotatable bonds is 6. The Kier molecular flexibility index (Phi) is 6.08. The molecule has 0 saturated heterocycles. The summed E-state index contributed by atoms with van der Waals surface area (Å²) in [6.45, 7) is -2.54. The number of amides is 1. The zero-order chi connectivity index (χ0) is 19.4. The first-order valence-electron chi connectivity index (χ1n) is 7.74. The van der Waals surface area contributed by atoms with E-state index < -0.39 is 12.5 Å². The average Bonchev–Trinajstić information content (AvgIpc) is 3.05. The van der Waals surface area contributed by atoms with Crippen molar-refractivity contribution in [3.05, 3.63) is 75.4 Å². The fraction of sp³-hybridized carbons (Fsp3) is 0.111. The van der Waals surface area contributed by atoms with Crippen LogP contribution < -0.4 is 10.1 Å². The predicted octanol–water partition coefficient (Wildman–Crippen LogP) is 5.20. The number of anilines is 1. The van der Waals surface area contributed by atoms with Gasteiger partial charge in [-0.15, -0.1) is 0 Å². The molecule has 1 N–H and O–H groups in total. The van der Waals surface area contributed by atoms with Gasteiger partial charge in [0.05, 0.1) is 12.1 Å². The van der Waals surface area contributed by atoms with Gasteiger partial charge in [-0.05, 0) is 35.9 Å². The van der Waals surface area contributed by atoms with E-state index in [0.717, 1.165) is 5.56 Å². The Morgan fingerprint density at radius 2 is 1.96 bits per heavy atom. The minimum absolute atomic E-state index is 0.0306. The quantitative estimate of drug-likeness (QED) is 0.555. The molecule has 1 aromatic heterocycles. The average molecular weight is 457 g/mol. The van der Waals surface area contributed by atoms with Crippen LogP contribution in [0.25, 0.3) is 0 Å². The summed E-state index contributed by atoms with van der Waals surface area (Å²) in [6, 6.07) is 13.1. The van der Waals surface area contributed by atoms with Gasteiger partial charge >= 0.3 is 6.61 Å². The van der Waals surface area contributed by atoms with Crippen molar-refractivity contribution < 1.29 is 18.3 Å². The summed E-state index contributed by atoms with van der Waals surface area (Å²) in [7, 11) is 0. The fourth-order valence-corrected chi connectivity index (χ4v) is 2.84. The topological polar surface area (TPSA) is 56.2 Å². The van der Waals surface area contributed by atoms with Gasteiger partial charge in [0.1, 0.15) is 5.75 Å². The zero-order valence-electron chi connectivity index (χ0n) is 13.7.